The van der Waals surface area contributed by atoms with Gasteiger partial charge in [0, 0.05) is 24.5 Å². The van der Waals surface area contributed by atoms with E-state index in [-0.39, 0.29) is 5.82 Å². The van der Waals surface area contributed by atoms with Crippen molar-refractivity contribution in [3.8, 4) is 11.1 Å². The van der Waals surface area contributed by atoms with E-state index in [1.807, 2.05) is 13.0 Å². The Morgan fingerprint density at radius 2 is 2.06 bits per heavy atom. The predicted octanol–water partition coefficient (Wildman–Crippen LogP) is 2.65. The van der Waals surface area contributed by atoms with Gasteiger partial charge in [-0.1, -0.05) is 6.07 Å². The Kier molecular flexibility index (Phi) is 2.97. The van der Waals surface area contributed by atoms with E-state index in [1.54, 1.807) is 18.5 Å². The SMILES string of the molecule is Cc1cncc(-c2ccc(F)cc2CN)c1. The molecule has 0 aliphatic carbocycles. The van der Waals surface area contributed by atoms with Crippen LogP contribution in [0.2, 0.25) is 0 Å². The lowest BCUT2D eigenvalue weighted by Crippen LogP contribution is -2.00. The molecule has 0 saturated heterocycles. The lowest BCUT2D eigenvalue weighted by Gasteiger charge is -2.08. The van der Waals surface area contributed by atoms with Crippen molar-refractivity contribution in [2.75, 3.05) is 0 Å². The van der Waals surface area contributed by atoms with Gasteiger partial charge in [0.15, 0.2) is 0 Å². The third-order valence-electron chi connectivity index (χ3n) is 2.47. The van der Waals surface area contributed by atoms with Crippen molar-refractivity contribution in [3.63, 3.8) is 0 Å². The molecule has 82 valence electrons. The molecule has 1 aromatic heterocycles. The number of aromatic nitrogens is 1. The van der Waals surface area contributed by atoms with Gasteiger partial charge in [-0.15, -0.1) is 0 Å². The minimum atomic E-state index is -0.259. The van der Waals surface area contributed by atoms with E-state index < -0.39 is 0 Å². The number of nitrogens with two attached hydrogens (primary N) is 1. The quantitative estimate of drug-likeness (QED) is 0.838. The molecule has 2 rings (SSSR count). The molecule has 0 atom stereocenters. The van der Waals surface area contributed by atoms with Gasteiger partial charge in [0.1, 0.15) is 5.82 Å². The fourth-order valence-electron chi connectivity index (χ4n) is 1.72. The Morgan fingerprint density at radius 3 is 2.75 bits per heavy atom. The summed E-state index contributed by atoms with van der Waals surface area (Å²) < 4.78 is 13.1. The van der Waals surface area contributed by atoms with Gasteiger partial charge < -0.3 is 5.73 Å². The molecule has 0 aliphatic rings. The van der Waals surface area contributed by atoms with E-state index in [0.29, 0.717) is 6.54 Å². The van der Waals surface area contributed by atoms with Crippen molar-refractivity contribution in [1.82, 2.24) is 4.98 Å². The fraction of sp³-hybridized carbons (Fsp3) is 0.154. The highest BCUT2D eigenvalue weighted by atomic mass is 19.1. The summed E-state index contributed by atoms with van der Waals surface area (Å²) in [6.07, 6.45) is 3.55. The molecule has 1 heterocycles. The zero-order valence-corrected chi connectivity index (χ0v) is 9.07. The van der Waals surface area contributed by atoms with Gasteiger partial charge in [0.2, 0.25) is 0 Å². The first-order valence-electron chi connectivity index (χ1n) is 5.11. The zero-order chi connectivity index (χ0) is 11.5. The van der Waals surface area contributed by atoms with E-state index in [4.69, 9.17) is 5.73 Å². The van der Waals surface area contributed by atoms with Gasteiger partial charge in [0.05, 0.1) is 0 Å². The van der Waals surface area contributed by atoms with Crippen LogP contribution >= 0.6 is 0 Å². The van der Waals surface area contributed by atoms with Crippen molar-refractivity contribution in [2.45, 2.75) is 13.5 Å². The number of rotatable bonds is 2. The third-order valence-corrected chi connectivity index (χ3v) is 2.47. The van der Waals surface area contributed by atoms with Crippen molar-refractivity contribution in [3.05, 3.63) is 53.6 Å². The molecular weight excluding hydrogens is 203 g/mol. The van der Waals surface area contributed by atoms with E-state index in [0.717, 1.165) is 22.3 Å². The van der Waals surface area contributed by atoms with Crippen molar-refractivity contribution in [2.24, 2.45) is 5.73 Å². The number of nitrogens with zero attached hydrogens (tertiary/aromatic N) is 1. The normalized spacial score (nSPS) is 10.4. The Balaban J connectivity index is 2.55. The summed E-state index contributed by atoms with van der Waals surface area (Å²) >= 11 is 0. The number of pyridine rings is 1. The summed E-state index contributed by atoms with van der Waals surface area (Å²) in [5.74, 6) is -0.259. The van der Waals surface area contributed by atoms with Crippen LogP contribution in [-0.2, 0) is 6.54 Å². The van der Waals surface area contributed by atoms with Gasteiger partial charge in [-0.25, -0.2) is 4.39 Å². The van der Waals surface area contributed by atoms with Crippen LogP contribution in [-0.4, -0.2) is 4.98 Å². The summed E-state index contributed by atoms with van der Waals surface area (Å²) in [6.45, 7) is 2.29. The maximum Gasteiger partial charge on any atom is 0.123 e. The first kappa shape index (κ1) is 10.8. The van der Waals surface area contributed by atoms with Gasteiger partial charge in [0.25, 0.3) is 0 Å². The van der Waals surface area contributed by atoms with Crippen LogP contribution in [0, 0.1) is 12.7 Å². The van der Waals surface area contributed by atoms with E-state index >= 15 is 0 Å². The van der Waals surface area contributed by atoms with Crippen molar-refractivity contribution in [1.29, 1.82) is 0 Å². The molecule has 3 heteroatoms. The number of benzene rings is 1. The topological polar surface area (TPSA) is 38.9 Å². The smallest absolute Gasteiger partial charge is 0.123 e. The molecule has 16 heavy (non-hydrogen) atoms. The fourth-order valence-corrected chi connectivity index (χ4v) is 1.72. The average Bonchev–Trinajstić information content (AvgIpc) is 2.28. The third kappa shape index (κ3) is 2.09. The second-order valence-electron chi connectivity index (χ2n) is 3.76. The largest absolute Gasteiger partial charge is 0.326 e. The Morgan fingerprint density at radius 1 is 1.25 bits per heavy atom. The monoisotopic (exact) mass is 216 g/mol. The molecule has 2 N–H and O–H groups in total. The van der Waals surface area contributed by atoms with Crippen LogP contribution in [0.15, 0.2) is 36.7 Å². The van der Waals surface area contributed by atoms with Crippen LogP contribution in [0.5, 0.6) is 0 Å². The molecular formula is C13H13FN2. The molecule has 0 bridgehead atoms. The Labute approximate surface area is 93.9 Å². The molecule has 0 aliphatic heterocycles. The van der Waals surface area contributed by atoms with Crippen LogP contribution < -0.4 is 5.73 Å². The molecule has 0 fully saturated rings. The van der Waals surface area contributed by atoms with Crippen LogP contribution in [0.1, 0.15) is 11.1 Å². The highest BCUT2D eigenvalue weighted by Crippen LogP contribution is 2.24. The van der Waals surface area contributed by atoms with Gasteiger partial charge in [-0.2, -0.15) is 0 Å². The standard InChI is InChI=1S/C13H13FN2/c1-9-4-11(8-16-7-9)13-3-2-12(14)5-10(13)6-15/h2-5,7-8H,6,15H2,1H3. The molecule has 2 nitrogen and oxygen atoms in total. The van der Waals surface area contributed by atoms with Crippen LogP contribution in [0.4, 0.5) is 4.39 Å². The van der Waals surface area contributed by atoms with Crippen molar-refractivity contribution < 1.29 is 4.39 Å². The second-order valence-corrected chi connectivity index (χ2v) is 3.76. The lowest BCUT2D eigenvalue weighted by atomic mass is 10.0. The molecule has 0 unspecified atom stereocenters. The summed E-state index contributed by atoms with van der Waals surface area (Å²) in [7, 11) is 0. The van der Waals surface area contributed by atoms with Crippen molar-refractivity contribution >= 4 is 0 Å². The summed E-state index contributed by atoms with van der Waals surface area (Å²) in [5.41, 5.74) is 9.40. The van der Waals surface area contributed by atoms with E-state index in [9.17, 15) is 4.39 Å². The maximum absolute atomic E-state index is 13.1. The molecule has 0 radical (unpaired) electrons. The molecule has 1 aromatic carbocycles. The summed E-state index contributed by atoms with van der Waals surface area (Å²) in [6, 6.07) is 6.67. The second kappa shape index (κ2) is 4.41. The predicted molar refractivity (Wildman–Crippen MR) is 62.3 cm³/mol. The maximum atomic E-state index is 13.1. The molecule has 0 saturated carbocycles. The molecule has 0 amide bonds. The lowest BCUT2D eigenvalue weighted by molar-refractivity contribution is 0.625. The number of aryl methyl sites for hydroxylation is 1. The molecule has 0 spiro atoms. The first-order chi connectivity index (χ1) is 7.70. The number of hydrogen-bond acceptors (Lipinski definition) is 2. The van der Waals surface area contributed by atoms with Crippen LogP contribution in [0.3, 0.4) is 0 Å². The highest BCUT2D eigenvalue weighted by Gasteiger charge is 2.05. The Bertz CT molecular complexity index is 509. The minimum absolute atomic E-state index is 0.259. The average molecular weight is 216 g/mol. The van der Waals surface area contributed by atoms with Crippen LogP contribution in [0.25, 0.3) is 11.1 Å². The van der Waals surface area contributed by atoms with Gasteiger partial charge >= 0.3 is 0 Å². The van der Waals surface area contributed by atoms with E-state index in [1.165, 1.54) is 12.1 Å². The summed E-state index contributed by atoms with van der Waals surface area (Å²) in [4.78, 5) is 4.12. The van der Waals surface area contributed by atoms with Gasteiger partial charge in [-0.05, 0) is 41.8 Å². The first-order valence-corrected chi connectivity index (χ1v) is 5.11. The molecule has 2 aromatic rings. The van der Waals surface area contributed by atoms with E-state index in [2.05, 4.69) is 4.98 Å². The van der Waals surface area contributed by atoms with Gasteiger partial charge in [-0.3, -0.25) is 4.98 Å². The highest BCUT2D eigenvalue weighted by molar-refractivity contribution is 5.67. The Hall–Kier alpha value is -1.74. The number of hydrogen-bond donors (Lipinski definition) is 1. The number of halogens is 1. The summed E-state index contributed by atoms with van der Waals surface area (Å²) in [5, 5.41) is 0. The minimum Gasteiger partial charge on any atom is -0.326 e. The zero-order valence-electron chi connectivity index (χ0n) is 9.07.